The minimum absolute atomic E-state index is 0.111. The molecule has 2 heterocycles. The number of hydrogen-bond acceptors (Lipinski definition) is 5. The number of ether oxygens (including phenoxy) is 1. The standard InChI is InChI=1S/C18H21N3O3S/c22-16(7-8-19-18(23)15-2-1-9-25-15)20-10-14-5-6-17(21-11-14)24-12-13-3-4-13/h1-2,5-6,9,11,13H,3-4,7-8,10,12H2,(H,19,23)(H,20,22). The lowest BCUT2D eigenvalue weighted by Gasteiger charge is -2.07. The van der Waals surface area contributed by atoms with E-state index in [-0.39, 0.29) is 18.2 Å². The fourth-order valence-corrected chi connectivity index (χ4v) is 2.80. The molecule has 0 spiro atoms. The Morgan fingerprint density at radius 2 is 2.12 bits per heavy atom. The zero-order chi connectivity index (χ0) is 17.5. The average Bonchev–Trinajstić information content (AvgIpc) is 3.29. The molecule has 2 aromatic rings. The molecule has 1 aliphatic carbocycles. The normalized spacial score (nSPS) is 13.3. The molecule has 1 saturated carbocycles. The first-order valence-corrected chi connectivity index (χ1v) is 9.25. The number of thiophene rings is 1. The topological polar surface area (TPSA) is 80.3 Å². The van der Waals surface area contributed by atoms with E-state index in [4.69, 9.17) is 4.74 Å². The smallest absolute Gasteiger partial charge is 0.261 e. The molecule has 132 valence electrons. The van der Waals surface area contributed by atoms with Crippen LogP contribution in [0.5, 0.6) is 5.88 Å². The summed E-state index contributed by atoms with van der Waals surface area (Å²) in [6.07, 6.45) is 4.45. The summed E-state index contributed by atoms with van der Waals surface area (Å²) in [4.78, 5) is 28.5. The van der Waals surface area contributed by atoms with Crippen LogP contribution in [0.25, 0.3) is 0 Å². The molecule has 1 aliphatic rings. The van der Waals surface area contributed by atoms with Crippen molar-refractivity contribution < 1.29 is 14.3 Å². The molecule has 0 atom stereocenters. The Morgan fingerprint density at radius 3 is 2.80 bits per heavy atom. The lowest BCUT2D eigenvalue weighted by Crippen LogP contribution is -2.30. The van der Waals surface area contributed by atoms with Crippen molar-refractivity contribution in [3.8, 4) is 5.88 Å². The van der Waals surface area contributed by atoms with Crippen LogP contribution in [0, 0.1) is 5.92 Å². The van der Waals surface area contributed by atoms with E-state index in [1.807, 2.05) is 23.6 Å². The third-order valence-electron chi connectivity index (χ3n) is 3.83. The maximum atomic E-state index is 11.8. The van der Waals surface area contributed by atoms with Gasteiger partial charge in [-0.3, -0.25) is 9.59 Å². The number of carbonyl (C=O) groups is 2. The van der Waals surface area contributed by atoms with Gasteiger partial charge in [-0.2, -0.15) is 0 Å². The molecular formula is C18H21N3O3S. The van der Waals surface area contributed by atoms with Crippen molar-refractivity contribution in [1.29, 1.82) is 0 Å². The second kappa shape index (κ2) is 8.62. The fourth-order valence-electron chi connectivity index (χ4n) is 2.16. The Balaban J connectivity index is 1.32. The summed E-state index contributed by atoms with van der Waals surface area (Å²) in [5.41, 5.74) is 0.912. The van der Waals surface area contributed by atoms with E-state index in [2.05, 4.69) is 15.6 Å². The molecule has 2 N–H and O–H groups in total. The summed E-state index contributed by atoms with van der Waals surface area (Å²) in [7, 11) is 0. The van der Waals surface area contributed by atoms with Crippen LogP contribution >= 0.6 is 11.3 Å². The van der Waals surface area contributed by atoms with Crippen LogP contribution in [0.4, 0.5) is 0 Å². The number of hydrogen-bond donors (Lipinski definition) is 2. The number of nitrogens with zero attached hydrogens (tertiary/aromatic N) is 1. The van der Waals surface area contributed by atoms with Gasteiger partial charge in [-0.05, 0) is 35.8 Å². The van der Waals surface area contributed by atoms with Crippen LogP contribution in [0.15, 0.2) is 35.8 Å². The maximum Gasteiger partial charge on any atom is 0.261 e. The number of rotatable bonds is 9. The zero-order valence-electron chi connectivity index (χ0n) is 13.9. The van der Waals surface area contributed by atoms with Crippen LogP contribution < -0.4 is 15.4 Å². The van der Waals surface area contributed by atoms with Gasteiger partial charge in [-0.25, -0.2) is 4.98 Å². The second-order valence-electron chi connectivity index (χ2n) is 6.02. The minimum atomic E-state index is -0.145. The first kappa shape index (κ1) is 17.4. The molecule has 0 saturated heterocycles. The quantitative estimate of drug-likeness (QED) is 0.720. The molecule has 2 aromatic heterocycles. The van der Waals surface area contributed by atoms with Gasteiger partial charge in [0, 0.05) is 31.8 Å². The van der Waals surface area contributed by atoms with Crippen molar-refractivity contribution in [3.05, 3.63) is 46.3 Å². The highest BCUT2D eigenvalue weighted by Gasteiger charge is 2.22. The van der Waals surface area contributed by atoms with E-state index in [1.54, 1.807) is 12.3 Å². The summed E-state index contributed by atoms with van der Waals surface area (Å²) in [6, 6.07) is 7.30. The van der Waals surface area contributed by atoms with Gasteiger partial charge in [-0.1, -0.05) is 12.1 Å². The highest BCUT2D eigenvalue weighted by Crippen LogP contribution is 2.29. The molecular weight excluding hydrogens is 338 g/mol. The lowest BCUT2D eigenvalue weighted by molar-refractivity contribution is -0.121. The van der Waals surface area contributed by atoms with E-state index in [9.17, 15) is 9.59 Å². The van der Waals surface area contributed by atoms with E-state index >= 15 is 0 Å². The van der Waals surface area contributed by atoms with Crippen molar-refractivity contribution in [3.63, 3.8) is 0 Å². The summed E-state index contributed by atoms with van der Waals surface area (Å²) >= 11 is 1.38. The summed E-state index contributed by atoms with van der Waals surface area (Å²) < 4.78 is 5.58. The fraction of sp³-hybridized carbons (Fsp3) is 0.389. The largest absolute Gasteiger partial charge is 0.477 e. The van der Waals surface area contributed by atoms with Gasteiger partial charge in [0.2, 0.25) is 11.8 Å². The number of carbonyl (C=O) groups excluding carboxylic acids is 2. The summed E-state index contributed by atoms with van der Waals surface area (Å²) in [5.74, 6) is 1.06. The Morgan fingerprint density at radius 1 is 1.24 bits per heavy atom. The number of amides is 2. The molecule has 0 radical (unpaired) electrons. The Bertz CT molecular complexity index is 697. The average molecular weight is 359 g/mol. The first-order valence-electron chi connectivity index (χ1n) is 8.37. The monoisotopic (exact) mass is 359 g/mol. The summed E-state index contributed by atoms with van der Waals surface area (Å²) in [6.45, 7) is 1.46. The van der Waals surface area contributed by atoms with Crippen molar-refractivity contribution >= 4 is 23.2 Å². The van der Waals surface area contributed by atoms with Gasteiger partial charge in [0.05, 0.1) is 11.5 Å². The second-order valence-corrected chi connectivity index (χ2v) is 6.97. The number of aromatic nitrogens is 1. The van der Waals surface area contributed by atoms with E-state index in [0.29, 0.717) is 29.8 Å². The Labute approximate surface area is 150 Å². The van der Waals surface area contributed by atoms with Crippen LogP contribution in [0.3, 0.4) is 0 Å². The Hall–Kier alpha value is -2.41. The lowest BCUT2D eigenvalue weighted by atomic mass is 10.2. The zero-order valence-corrected chi connectivity index (χ0v) is 14.7. The van der Waals surface area contributed by atoms with Crippen LogP contribution in [0.1, 0.15) is 34.5 Å². The van der Waals surface area contributed by atoms with Crippen molar-refractivity contribution in [1.82, 2.24) is 15.6 Å². The molecule has 0 bridgehead atoms. The predicted molar refractivity (Wildman–Crippen MR) is 95.6 cm³/mol. The Kier molecular flexibility index (Phi) is 6.00. The van der Waals surface area contributed by atoms with E-state index < -0.39 is 0 Å². The van der Waals surface area contributed by atoms with Gasteiger partial charge in [0.25, 0.3) is 5.91 Å². The molecule has 2 amide bonds. The van der Waals surface area contributed by atoms with Crippen LogP contribution in [-0.2, 0) is 11.3 Å². The van der Waals surface area contributed by atoms with Gasteiger partial charge in [-0.15, -0.1) is 11.3 Å². The predicted octanol–water partition coefficient (Wildman–Crippen LogP) is 2.37. The molecule has 0 aromatic carbocycles. The maximum absolute atomic E-state index is 11.8. The highest BCUT2D eigenvalue weighted by molar-refractivity contribution is 7.12. The van der Waals surface area contributed by atoms with Gasteiger partial charge >= 0.3 is 0 Å². The highest BCUT2D eigenvalue weighted by atomic mass is 32.1. The van der Waals surface area contributed by atoms with Gasteiger partial charge < -0.3 is 15.4 Å². The molecule has 0 aliphatic heterocycles. The molecule has 3 rings (SSSR count). The molecule has 7 heteroatoms. The van der Waals surface area contributed by atoms with E-state index in [0.717, 1.165) is 12.2 Å². The van der Waals surface area contributed by atoms with E-state index in [1.165, 1.54) is 24.2 Å². The number of nitrogens with one attached hydrogen (secondary N) is 2. The third kappa shape index (κ3) is 5.86. The molecule has 0 unspecified atom stereocenters. The van der Waals surface area contributed by atoms with Crippen LogP contribution in [-0.4, -0.2) is 29.9 Å². The molecule has 1 fully saturated rings. The minimum Gasteiger partial charge on any atom is -0.477 e. The number of pyridine rings is 1. The van der Waals surface area contributed by atoms with Crippen LogP contribution in [0.2, 0.25) is 0 Å². The third-order valence-corrected chi connectivity index (χ3v) is 4.70. The molecule has 25 heavy (non-hydrogen) atoms. The van der Waals surface area contributed by atoms with Gasteiger partial charge in [0.1, 0.15) is 0 Å². The van der Waals surface area contributed by atoms with Crippen molar-refractivity contribution in [2.24, 2.45) is 5.92 Å². The SMILES string of the molecule is O=C(CCNC(=O)c1cccs1)NCc1ccc(OCC2CC2)nc1. The first-order chi connectivity index (χ1) is 12.2. The van der Waals surface area contributed by atoms with Crippen molar-refractivity contribution in [2.45, 2.75) is 25.8 Å². The molecule has 6 nitrogen and oxygen atoms in total. The van der Waals surface area contributed by atoms with Crippen molar-refractivity contribution in [2.75, 3.05) is 13.2 Å². The van der Waals surface area contributed by atoms with Gasteiger partial charge in [0.15, 0.2) is 0 Å². The summed E-state index contributed by atoms with van der Waals surface area (Å²) in [5, 5.41) is 7.40.